The van der Waals surface area contributed by atoms with E-state index in [-0.39, 0.29) is 108 Å². The fraction of sp³-hybridized carbons (Fsp3) is 0.123. The molecule has 3 amide bonds. The van der Waals surface area contributed by atoms with Crippen molar-refractivity contribution in [2.24, 2.45) is 0 Å². The van der Waals surface area contributed by atoms with E-state index in [0.29, 0.717) is 55.0 Å². The lowest BCUT2D eigenvalue weighted by Gasteiger charge is -2.11. The number of nitrogens with zero attached hydrogens (tertiary/aromatic N) is 6. The molecular weight excluding hydrogens is 1410 g/mol. The number of furan rings is 4. The summed E-state index contributed by atoms with van der Waals surface area (Å²) in [6.45, 7) is 9.33. The maximum atomic E-state index is 12.2. The Labute approximate surface area is 572 Å². The monoisotopic (exact) mass is 1470 g/mol. The minimum atomic E-state index is -1.13. The molecule has 33 heteroatoms. The van der Waals surface area contributed by atoms with Crippen molar-refractivity contribution in [1.82, 2.24) is 30.6 Å². The number of aliphatic hydroxyl groups is 1. The molecule has 0 radical (unpaired) electrons. The number of aromatic carboxylic acids is 2. The standard InChI is InChI=1S/C18H17NO3.C17H16N4O5.C17H14N4O5.C6H4BrN3O2.C6H5BrO3.CH4O/c1-2-8-17(20)19-16-12-7-6-11-15(16)18(21)22-13-14-9-4-3-5-10-14;2*1-9(12-6-7-13(25-12)15-20-21-17(18)26-15)8-14(22)19-11-5-3-2-4-10(11)16(23)24;7-4-2-1-3(11-4)5-9-10-6(8)12-5;1-9-6(8)4-2-3-5(7)10-4;1-2/h2-7,9-12H,1,8,13H2,(H,19,20);2-7,9H,8H2,1H3,(H2,18,21)(H,19,22)(H,23,24);2-7H,1,8H2,(H2,18,21)(H,19,22)(H,23,24);1-2H,(H2,8,10);2-3H,1H3;2H,1H3. The van der Waals surface area contributed by atoms with Gasteiger partial charge in [0.2, 0.25) is 23.5 Å². The number of carbonyl (C=O) groups is 7. The summed E-state index contributed by atoms with van der Waals surface area (Å²) in [6, 6.07) is 41.5. The average molecular weight is 1470 g/mol. The lowest BCUT2D eigenvalue weighted by Crippen LogP contribution is -2.16. The van der Waals surface area contributed by atoms with Gasteiger partial charge in [0.05, 0.1) is 47.3 Å². The Morgan fingerprint density at radius 1 is 0.520 bits per heavy atom. The van der Waals surface area contributed by atoms with E-state index in [2.05, 4.69) is 96.3 Å². The molecule has 31 nitrogen and oxygen atoms in total. The van der Waals surface area contributed by atoms with Crippen molar-refractivity contribution in [3.8, 4) is 35.0 Å². The normalized spacial score (nSPS) is 10.4. The van der Waals surface area contributed by atoms with Gasteiger partial charge in [-0.25, -0.2) is 19.2 Å². The first-order valence-corrected chi connectivity index (χ1v) is 29.8. The molecule has 12 N–H and O–H groups in total. The van der Waals surface area contributed by atoms with Gasteiger partial charge in [-0.1, -0.05) is 102 Å². The molecule has 0 aliphatic heterocycles. The fourth-order valence-corrected chi connectivity index (χ4v) is 8.46. The molecule has 0 spiro atoms. The molecule has 0 aliphatic rings. The first kappa shape index (κ1) is 74.5. The second kappa shape index (κ2) is 37.4. The predicted molar refractivity (Wildman–Crippen MR) is 359 cm³/mol. The number of rotatable bonds is 20. The summed E-state index contributed by atoms with van der Waals surface area (Å²) in [5.41, 5.74) is 18.5. The van der Waals surface area contributed by atoms with Crippen molar-refractivity contribution in [3.63, 3.8) is 0 Å². The number of methoxy groups -OCH3 is 1. The van der Waals surface area contributed by atoms with Crippen LogP contribution in [0.3, 0.4) is 0 Å². The Morgan fingerprint density at radius 2 is 0.959 bits per heavy atom. The Kier molecular flexibility index (Phi) is 28.5. The number of halogens is 2. The number of benzene rings is 4. The molecule has 7 heterocycles. The van der Waals surface area contributed by atoms with Gasteiger partial charge in [0.25, 0.3) is 17.7 Å². The number of carbonyl (C=O) groups excluding carboxylic acids is 5. The highest BCUT2D eigenvalue weighted by atomic mass is 79.9. The molecule has 0 saturated heterocycles. The lowest BCUT2D eigenvalue weighted by molar-refractivity contribution is -0.117. The van der Waals surface area contributed by atoms with Crippen LogP contribution in [0.5, 0.6) is 0 Å². The van der Waals surface area contributed by atoms with Gasteiger partial charge in [-0.15, -0.1) is 21.9 Å². The van der Waals surface area contributed by atoms with Crippen LogP contribution in [0.25, 0.3) is 40.5 Å². The number of para-hydroxylation sites is 3. The van der Waals surface area contributed by atoms with Gasteiger partial charge in [-0.05, 0) is 128 Å². The van der Waals surface area contributed by atoms with Gasteiger partial charge in [0, 0.05) is 25.9 Å². The van der Waals surface area contributed by atoms with E-state index < -0.39 is 29.8 Å². The van der Waals surface area contributed by atoms with Crippen LogP contribution < -0.4 is 33.2 Å². The van der Waals surface area contributed by atoms with Crippen LogP contribution in [0.4, 0.5) is 35.1 Å². The highest BCUT2D eigenvalue weighted by Gasteiger charge is 2.22. The SMILES string of the molecule is C=C(CC(=O)Nc1ccccc1C(=O)O)c1ccc(-c2nnc(N)o2)o1.C=CCC(=O)Nc1ccccc1C(=O)OCc1ccccc1.CC(CC(=O)Nc1ccccc1C(=O)O)c1ccc(-c2nnc(N)o2)o1.CO.COC(=O)c1ccc(Br)o1.Nc1nnc(-c2ccc(Br)o2)o1. The van der Waals surface area contributed by atoms with Crippen molar-refractivity contribution in [2.45, 2.75) is 38.7 Å². The Morgan fingerprint density at radius 3 is 1.44 bits per heavy atom. The van der Waals surface area contributed by atoms with Crippen molar-refractivity contribution < 1.29 is 89.3 Å². The molecule has 0 fully saturated rings. The Hall–Kier alpha value is -12.5. The van der Waals surface area contributed by atoms with E-state index in [4.69, 9.17) is 68.2 Å². The Balaban J connectivity index is 0.000000199. The second-order valence-electron chi connectivity index (χ2n) is 19.2. The van der Waals surface area contributed by atoms with Gasteiger partial charge in [0.1, 0.15) is 18.1 Å². The number of nitrogen functional groups attached to an aromatic ring is 3. The predicted octanol–water partition coefficient (Wildman–Crippen LogP) is 12.1. The molecule has 98 heavy (non-hydrogen) atoms. The molecule has 508 valence electrons. The van der Waals surface area contributed by atoms with Crippen molar-refractivity contribution in [3.05, 3.63) is 220 Å². The van der Waals surface area contributed by atoms with Crippen LogP contribution in [0.15, 0.2) is 211 Å². The van der Waals surface area contributed by atoms with Crippen LogP contribution >= 0.6 is 31.9 Å². The summed E-state index contributed by atoms with van der Waals surface area (Å²) < 4.78 is 47.1. The topological polar surface area (TPSA) is 482 Å². The molecule has 7 aromatic heterocycles. The number of nitrogens with one attached hydrogen (secondary N) is 3. The van der Waals surface area contributed by atoms with E-state index in [0.717, 1.165) is 12.7 Å². The molecule has 0 bridgehead atoms. The summed E-state index contributed by atoms with van der Waals surface area (Å²) in [4.78, 5) is 81.3. The molecule has 0 aliphatic carbocycles. The summed E-state index contributed by atoms with van der Waals surface area (Å²) in [5.74, 6) is -1.61. The van der Waals surface area contributed by atoms with Crippen LogP contribution in [0, 0.1) is 0 Å². The van der Waals surface area contributed by atoms with Crippen molar-refractivity contribution in [2.75, 3.05) is 47.4 Å². The average Bonchev–Trinajstić information content (AvgIpc) is 1.65. The van der Waals surface area contributed by atoms with E-state index in [1.54, 1.807) is 91.0 Å². The zero-order valence-corrected chi connectivity index (χ0v) is 55.0. The van der Waals surface area contributed by atoms with E-state index in [1.807, 2.05) is 37.3 Å². The van der Waals surface area contributed by atoms with Gasteiger partial charge in [0.15, 0.2) is 26.6 Å². The maximum absolute atomic E-state index is 12.2. The number of carboxylic acids is 2. The van der Waals surface area contributed by atoms with Crippen LogP contribution in [0.1, 0.15) is 90.8 Å². The number of aromatic nitrogens is 6. The van der Waals surface area contributed by atoms with E-state index >= 15 is 0 Å². The number of carboxylic acid groups (broad SMARTS) is 2. The minimum Gasteiger partial charge on any atom is -0.478 e. The zero-order chi connectivity index (χ0) is 71.3. The number of ether oxygens (including phenoxy) is 2. The minimum absolute atomic E-state index is 0.000676. The third-order valence-corrected chi connectivity index (χ3v) is 13.1. The fourth-order valence-electron chi connectivity index (χ4n) is 7.85. The highest BCUT2D eigenvalue weighted by Crippen LogP contribution is 2.30. The highest BCUT2D eigenvalue weighted by molar-refractivity contribution is 9.10. The van der Waals surface area contributed by atoms with Crippen molar-refractivity contribution in [1.29, 1.82) is 0 Å². The van der Waals surface area contributed by atoms with Crippen LogP contribution in [0.2, 0.25) is 0 Å². The molecule has 1 atom stereocenters. The number of esters is 2. The van der Waals surface area contributed by atoms with Gasteiger partial charge in [-0.2, -0.15) is 0 Å². The molecular formula is C65H60Br2N12O19. The molecule has 11 aromatic rings. The number of amides is 3. The second-order valence-corrected chi connectivity index (χ2v) is 20.8. The van der Waals surface area contributed by atoms with Gasteiger partial charge < -0.3 is 88.9 Å². The third-order valence-electron chi connectivity index (χ3n) is 12.2. The number of hydrogen-bond donors (Lipinski definition) is 9. The number of anilines is 6. The van der Waals surface area contributed by atoms with Gasteiger partial charge >= 0.3 is 41.9 Å². The van der Waals surface area contributed by atoms with E-state index in [1.165, 1.54) is 43.5 Å². The van der Waals surface area contributed by atoms with Crippen LogP contribution in [-0.4, -0.2) is 102 Å². The van der Waals surface area contributed by atoms with E-state index in [9.17, 15) is 33.6 Å². The Bertz CT molecular complexity index is 4450. The smallest absolute Gasteiger partial charge is 0.373 e. The summed E-state index contributed by atoms with van der Waals surface area (Å²) in [6.07, 6.45) is 1.71. The summed E-state index contributed by atoms with van der Waals surface area (Å²) in [7, 11) is 2.30. The number of nitrogens with two attached hydrogens (primary N) is 3. The quantitative estimate of drug-likeness (QED) is 0.0253. The molecule has 1 unspecified atom stereocenters. The number of hydrogen-bond acceptors (Lipinski definition) is 26. The van der Waals surface area contributed by atoms with Crippen LogP contribution in [-0.2, 0) is 30.5 Å². The summed E-state index contributed by atoms with van der Waals surface area (Å²) in [5, 5.41) is 54.8. The maximum Gasteiger partial charge on any atom is 0.373 e. The molecule has 11 rings (SSSR count). The third kappa shape index (κ3) is 22.9. The van der Waals surface area contributed by atoms with Gasteiger partial charge in [-0.3, -0.25) is 14.4 Å². The molecule has 4 aromatic carbocycles. The first-order chi connectivity index (χ1) is 47.1. The lowest BCUT2D eigenvalue weighted by atomic mass is 10.0. The number of aliphatic hydroxyl groups excluding tert-OH is 1. The summed E-state index contributed by atoms with van der Waals surface area (Å²) >= 11 is 6.20. The van der Waals surface area contributed by atoms with Crippen molar-refractivity contribution >= 4 is 114 Å². The molecule has 0 saturated carbocycles. The first-order valence-electron chi connectivity index (χ1n) is 28.2. The zero-order valence-electron chi connectivity index (χ0n) is 51.9. The largest absolute Gasteiger partial charge is 0.478 e.